The van der Waals surface area contributed by atoms with E-state index in [4.69, 9.17) is 11.6 Å². The van der Waals surface area contributed by atoms with E-state index in [0.29, 0.717) is 11.7 Å². The van der Waals surface area contributed by atoms with E-state index in [9.17, 15) is 0 Å². The second-order valence-electron chi connectivity index (χ2n) is 3.39. The van der Waals surface area contributed by atoms with Gasteiger partial charge in [0.2, 0.25) is 5.28 Å². The Kier molecular flexibility index (Phi) is 2.64. The molecule has 0 aromatic carbocycles. The molecule has 2 aromatic rings. The van der Waals surface area contributed by atoms with Crippen LogP contribution in [0, 0.1) is 0 Å². The molecule has 0 N–H and O–H groups in total. The van der Waals surface area contributed by atoms with Crippen LogP contribution in [0.4, 0.5) is 0 Å². The summed E-state index contributed by atoms with van der Waals surface area (Å²) in [5.41, 5.74) is 0. The van der Waals surface area contributed by atoms with E-state index in [2.05, 4.69) is 20.1 Å². The molecule has 0 spiro atoms. The van der Waals surface area contributed by atoms with Gasteiger partial charge in [0.25, 0.3) is 0 Å². The molecule has 2 aromatic heterocycles. The normalized spacial score (nSPS) is 10.9. The first-order valence-electron chi connectivity index (χ1n) is 4.57. The molecule has 0 aliphatic rings. The largest absolute Gasteiger partial charge is 0.226 e. The lowest BCUT2D eigenvalue weighted by atomic mass is 10.2. The van der Waals surface area contributed by atoms with E-state index in [0.717, 1.165) is 5.82 Å². The third-order valence-corrected chi connectivity index (χ3v) is 2.05. The van der Waals surface area contributed by atoms with Crippen LogP contribution in [0.15, 0.2) is 18.6 Å². The molecule has 0 amide bonds. The Morgan fingerprint density at radius 3 is 2.73 bits per heavy atom. The van der Waals surface area contributed by atoms with E-state index in [1.165, 1.54) is 0 Å². The van der Waals surface area contributed by atoms with E-state index < -0.39 is 0 Å². The van der Waals surface area contributed by atoms with Gasteiger partial charge < -0.3 is 0 Å². The molecule has 0 unspecified atom stereocenters. The van der Waals surface area contributed by atoms with Crippen LogP contribution in [0.3, 0.4) is 0 Å². The summed E-state index contributed by atoms with van der Waals surface area (Å²) >= 11 is 5.68. The van der Waals surface area contributed by atoms with Crippen molar-refractivity contribution in [2.45, 2.75) is 19.8 Å². The topological polar surface area (TPSA) is 56.5 Å². The zero-order chi connectivity index (χ0) is 10.8. The first-order valence-corrected chi connectivity index (χ1v) is 4.95. The summed E-state index contributed by atoms with van der Waals surface area (Å²) in [5.74, 6) is 1.70. The minimum Gasteiger partial charge on any atom is -0.226 e. The van der Waals surface area contributed by atoms with Crippen LogP contribution in [-0.4, -0.2) is 24.7 Å². The van der Waals surface area contributed by atoms with Crippen molar-refractivity contribution in [3.05, 3.63) is 29.7 Å². The zero-order valence-electron chi connectivity index (χ0n) is 8.42. The third kappa shape index (κ3) is 2.12. The second kappa shape index (κ2) is 3.94. The maximum atomic E-state index is 5.68. The second-order valence-corrected chi connectivity index (χ2v) is 3.72. The molecule has 0 bridgehead atoms. The van der Waals surface area contributed by atoms with Crippen molar-refractivity contribution >= 4 is 11.6 Å². The van der Waals surface area contributed by atoms with Gasteiger partial charge in [-0.25, -0.2) is 14.6 Å². The van der Waals surface area contributed by atoms with Crippen LogP contribution >= 0.6 is 11.6 Å². The summed E-state index contributed by atoms with van der Waals surface area (Å²) in [7, 11) is 0. The average molecular weight is 224 g/mol. The average Bonchev–Trinajstić information content (AvgIpc) is 2.66. The standard InChI is InChI=1S/C9H10ClN5/c1-6(2)8-12-5-15(14-8)7-3-4-11-9(10)13-7/h3-6H,1-2H3. The van der Waals surface area contributed by atoms with Gasteiger partial charge in [-0.3, -0.25) is 0 Å². The minimum atomic E-state index is 0.203. The summed E-state index contributed by atoms with van der Waals surface area (Å²) in [5, 5.41) is 4.48. The number of rotatable bonds is 2. The van der Waals surface area contributed by atoms with Crippen molar-refractivity contribution in [3.8, 4) is 5.82 Å². The highest BCUT2D eigenvalue weighted by Crippen LogP contribution is 2.10. The Bertz CT molecular complexity index is 465. The van der Waals surface area contributed by atoms with Gasteiger partial charge in [0.05, 0.1) is 0 Å². The lowest BCUT2D eigenvalue weighted by Crippen LogP contribution is -2.00. The molecule has 0 saturated heterocycles. The van der Waals surface area contributed by atoms with Crippen molar-refractivity contribution in [1.82, 2.24) is 24.7 Å². The maximum Gasteiger partial charge on any atom is 0.224 e. The molecule has 15 heavy (non-hydrogen) atoms. The van der Waals surface area contributed by atoms with Gasteiger partial charge in [0.1, 0.15) is 6.33 Å². The van der Waals surface area contributed by atoms with Gasteiger partial charge in [-0.15, -0.1) is 5.10 Å². The van der Waals surface area contributed by atoms with Gasteiger partial charge in [-0.2, -0.15) is 4.98 Å². The van der Waals surface area contributed by atoms with Gasteiger partial charge in [-0.1, -0.05) is 13.8 Å². The number of nitrogens with zero attached hydrogens (tertiary/aromatic N) is 5. The fraction of sp³-hybridized carbons (Fsp3) is 0.333. The predicted octanol–water partition coefficient (Wildman–Crippen LogP) is 1.83. The fourth-order valence-electron chi connectivity index (χ4n) is 1.10. The van der Waals surface area contributed by atoms with Gasteiger partial charge in [-0.05, 0) is 11.6 Å². The van der Waals surface area contributed by atoms with Crippen molar-refractivity contribution in [2.75, 3.05) is 0 Å². The lowest BCUT2D eigenvalue weighted by Gasteiger charge is -1.99. The first-order chi connectivity index (χ1) is 7.16. The Hall–Kier alpha value is -1.49. The predicted molar refractivity (Wildman–Crippen MR) is 56.0 cm³/mol. The molecule has 2 rings (SSSR count). The molecule has 0 saturated carbocycles. The van der Waals surface area contributed by atoms with Gasteiger partial charge in [0.15, 0.2) is 11.6 Å². The Morgan fingerprint density at radius 1 is 1.33 bits per heavy atom. The van der Waals surface area contributed by atoms with E-state index in [1.807, 2.05) is 13.8 Å². The van der Waals surface area contributed by atoms with Gasteiger partial charge >= 0.3 is 0 Å². The Morgan fingerprint density at radius 2 is 2.13 bits per heavy atom. The Balaban J connectivity index is 2.37. The zero-order valence-corrected chi connectivity index (χ0v) is 9.18. The molecular weight excluding hydrogens is 214 g/mol. The lowest BCUT2D eigenvalue weighted by molar-refractivity contribution is 0.745. The SMILES string of the molecule is CC(C)c1ncn(-c2ccnc(Cl)n2)n1. The summed E-state index contributed by atoms with van der Waals surface area (Å²) in [6.07, 6.45) is 3.20. The summed E-state index contributed by atoms with van der Waals surface area (Å²) < 4.78 is 1.59. The molecular formula is C9H10ClN5. The Labute approximate surface area is 92.2 Å². The molecule has 5 nitrogen and oxygen atoms in total. The van der Waals surface area contributed by atoms with Gasteiger partial charge in [0, 0.05) is 18.2 Å². The molecule has 0 radical (unpaired) electrons. The van der Waals surface area contributed by atoms with Crippen LogP contribution in [0.5, 0.6) is 0 Å². The maximum absolute atomic E-state index is 5.68. The smallest absolute Gasteiger partial charge is 0.224 e. The van der Waals surface area contributed by atoms with E-state index in [1.54, 1.807) is 23.3 Å². The quantitative estimate of drug-likeness (QED) is 0.729. The molecule has 0 fully saturated rings. The summed E-state index contributed by atoms with van der Waals surface area (Å²) in [6, 6.07) is 1.73. The molecule has 78 valence electrons. The minimum absolute atomic E-state index is 0.203. The van der Waals surface area contributed by atoms with Crippen LogP contribution in [0.25, 0.3) is 5.82 Å². The van der Waals surface area contributed by atoms with E-state index >= 15 is 0 Å². The first kappa shape index (κ1) is 10.0. The van der Waals surface area contributed by atoms with E-state index in [-0.39, 0.29) is 5.28 Å². The van der Waals surface area contributed by atoms with Crippen LogP contribution in [0.1, 0.15) is 25.6 Å². The van der Waals surface area contributed by atoms with Crippen LogP contribution in [0.2, 0.25) is 5.28 Å². The van der Waals surface area contributed by atoms with Crippen molar-refractivity contribution in [3.63, 3.8) is 0 Å². The molecule has 0 aliphatic heterocycles. The number of hydrogen-bond donors (Lipinski definition) is 0. The number of halogens is 1. The fourth-order valence-corrected chi connectivity index (χ4v) is 1.25. The monoisotopic (exact) mass is 223 g/mol. The van der Waals surface area contributed by atoms with Crippen molar-refractivity contribution in [2.24, 2.45) is 0 Å². The van der Waals surface area contributed by atoms with Crippen molar-refractivity contribution in [1.29, 1.82) is 0 Å². The highest BCUT2D eigenvalue weighted by atomic mass is 35.5. The highest BCUT2D eigenvalue weighted by molar-refractivity contribution is 6.28. The third-order valence-electron chi connectivity index (χ3n) is 1.87. The highest BCUT2D eigenvalue weighted by Gasteiger charge is 2.07. The molecule has 0 atom stereocenters. The number of hydrogen-bond acceptors (Lipinski definition) is 4. The van der Waals surface area contributed by atoms with Crippen LogP contribution in [-0.2, 0) is 0 Å². The van der Waals surface area contributed by atoms with Crippen molar-refractivity contribution < 1.29 is 0 Å². The molecule has 6 heteroatoms. The number of aromatic nitrogens is 5. The molecule has 2 heterocycles. The molecule has 0 aliphatic carbocycles. The summed E-state index contributed by atoms with van der Waals surface area (Å²) in [4.78, 5) is 12.0. The summed E-state index contributed by atoms with van der Waals surface area (Å²) in [6.45, 7) is 4.07. The van der Waals surface area contributed by atoms with Crippen LogP contribution < -0.4 is 0 Å².